The lowest BCUT2D eigenvalue weighted by Crippen LogP contribution is -1.84. The molecule has 2 rings (SSSR count). The van der Waals surface area contributed by atoms with E-state index >= 15 is 0 Å². The van der Waals surface area contributed by atoms with Crippen LogP contribution >= 0.6 is 27.5 Å². The molecule has 0 unspecified atom stereocenters. The molecule has 0 aliphatic carbocycles. The minimum absolute atomic E-state index is 0.407. The standard InChI is InChI=1S/C7H5ClO.C6H5Br/c8-7(9)6-4-2-1-3-5-6;7-6-4-2-1-3-5-6/h1-5H;1-5H. The van der Waals surface area contributed by atoms with Crippen molar-refractivity contribution in [3.63, 3.8) is 0 Å². The number of hydrogen-bond acceptors (Lipinski definition) is 1. The highest BCUT2D eigenvalue weighted by atomic mass is 79.9. The van der Waals surface area contributed by atoms with Gasteiger partial charge in [-0.25, -0.2) is 0 Å². The van der Waals surface area contributed by atoms with Crippen LogP contribution in [0.4, 0.5) is 0 Å². The number of carbonyl (C=O) groups excluding carboxylic acids is 1. The first kappa shape index (κ1) is 12.9. The van der Waals surface area contributed by atoms with E-state index in [1.54, 1.807) is 24.3 Å². The van der Waals surface area contributed by atoms with Gasteiger partial charge < -0.3 is 0 Å². The van der Waals surface area contributed by atoms with Gasteiger partial charge in [-0.1, -0.05) is 64.5 Å². The Balaban J connectivity index is 0.000000165. The molecule has 0 bridgehead atoms. The third kappa shape index (κ3) is 5.10. The molecule has 0 N–H and O–H groups in total. The molecule has 0 heterocycles. The zero-order valence-corrected chi connectivity index (χ0v) is 10.8. The fourth-order valence-corrected chi connectivity index (χ4v) is 1.42. The van der Waals surface area contributed by atoms with Crippen LogP contribution in [0.1, 0.15) is 10.4 Å². The molecular weight excluding hydrogens is 287 g/mol. The van der Waals surface area contributed by atoms with Gasteiger partial charge >= 0.3 is 0 Å². The Bertz CT molecular complexity index is 428. The van der Waals surface area contributed by atoms with Crippen LogP contribution in [0.5, 0.6) is 0 Å². The average molecular weight is 298 g/mol. The Hall–Kier alpha value is -1.12. The summed E-state index contributed by atoms with van der Waals surface area (Å²) in [6.45, 7) is 0. The summed E-state index contributed by atoms with van der Waals surface area (Å²) in [6.07, 6.45) is 0. The predicted molar refractivity (Wildman–Crippen MR) is 70.8 cm³/mol. The van der Waals surface area contributed by atoms with E-state index in [2.05, 4.69) is 15.9 Å². The summed E-state index contributed by atoms with van der Waals surface area (Å²) in [4.78, 5) is 10.4. The minimum Gasteiger partial charge on any atom is -0.276 e. The van der Waals surface area contributed by atoms with E-state index in [-0.39, 0.29) is 0 Å². The first-order chi connectivity index (χ1) is 7.70. The Morgan fingerprint density at radius 3 is 1.56 bits per heavy atom. The zero-order chi connectivity index (χ0) is 11.8. The molecule has 16 heavy (non-hydrogen) atoms. The highest BCUT2D eigenvalue weighted by molar-refractivity contribution is 9.10. The summed E-state index contributed by atoms with van der Waals surface area (Å²) in [6, 6.07) is 18.7. The lowest BCUT2D eigenvalue weighted by Gasteiger charge is -1.87. The van der Waals surface area contributed by atoms with Crippen molar-refractivity contribution in [1.82, 2.24) is 0 Å². The van der Waals surface area contributed by atoms with Crippen LogP contribution in [0.15, 0.2) is 65.1 Å². The van der Waals surface area contributed by atoms with Gasteiger partial charge in [-0.2, -0.15) is 0 Å². The summed E-state index contributed by atoms with van der Waals surface area (Å²) in [5.41, 5.74) is 0.541. The average Bonchev–Trinajstić information content (AvgIpc) is 2.32. The first-order valence-corrected chi connectivity index (χ1v) is 5.82. The smallest absolute Gasteiger partial charge is 0.252 e. The van der Waals surface area contributed by atoms with Crippen molar-refractivity contribution in [3.05, 3.63) is 70.7 Å². The van der Waals surface area contributed by atoms with Crippen molar-refractivity contribution in [1.29, 1.82) is 0 Å². The number of carbonyl (C=O) groups is 1. The molecule has 0 saturated carbocycles. The van der Waals surface area contributed by atoms with Crippen LogP contribution in [0.2, 0.25) is 0 Å². The van der Waals surface area contributed by atoms with E-state index in [4.69, 9.17) is 11.6 Å². The second-order valence-electron chi connectivity index (χ2n) is 2.94. The van der Waals surface area contributed by atoms with Crippen molar-refractivity contribution in [2.45, 2.75) is 0 Å². The molecule has 2 aromatic rings. The van der Waals surface area contributed by atoms with Gasteiger partial charge in [0.15, 0.2) is 0 Å². The molecule has 0 saturated heterocycles. The second kappa shape index (κ2) is 7.20. The number of rotatable bonds is 1. The molecule has 0 amide bonds. The molecule has 1 nitrogen and oxygen atoms in total. The molecule has 0 atom stereocenters. The van der Waals surface area contributed by atoms with E-state index < -0.39 is 5.24 Å². The van der Waals surface area contributed by atoms with Crippen LogP contribution in [0.3, 0.4) is 0 Å². The van der Waals surface area contributed by atoms with Crippen LogP contribution < -0.4 is 0 Å². The highest BCUT2D eigenvalue weighted by Gasteiger charge is 1.95. The van der Waals surface area contributed by atoms with Crippen molar-refractivity contribution < 1.29 is 4.79 Å². The minimum atomic E-state index is -0.407. The molecule has 0 aliphatic rings. The summed E-state index contributed by atoms with van der Waals surface area (Å²) in [5.74, 6) is 0. The Morgan fingerprint density at radius 2 is 1.31 bits per heavy atom. The molecular formula is C13H10BrClO. The van der Waals surface area contributed by atoms with Gasteiger partial charge in [0.2, 0.25) is 0 Å². The molecule has 0 aliphatic heterocycles. The van der Waals surface area contributed by atoms with Crippen molar-refractivity contribution in [2.24, 2.45) is 0 Å². The lowest BCUT2D eigenvalue weighted by atomic mass is 10.2. The Labute approximate surface area is 108 Å². The van der Waals surface area contributed by atoms with Crippen molar-refractivity contribution >= 4 is 32.8 Å². The van der Waals surface area contributed by atoms with Crippen LogP contribution in [0, 0.1) is 0 Å². The monoisotopic (exact) mass is 296 g/mol. The molecule has 82 valence electrons. The van der Waals surface area contributed by atoms with Crippen LogP contribution in [0.25, 0.3) is 0 Å². The second-order valence-corrected chi connectivity index (χ2v) is 4.19. The van der Waals surface area contributed by atoms with Crippen LogP contribution in [-0.4, -0.2) is 5.24 Å². The number of hydrogen-bond donors (Lipinski definition) is 0. The maximum atomic E-state index is 10.4. The third-order valence-electron chi connectivity index (χ3n) is 1.73. The fraction of sp³-hybridized carbons (Fsp3) is 0. The van der Waals surface area contributed by atoms with Gasteiger partial charge in [0.05, 0.1) is 0 Å². The summed E-state index contributed by atoms with van der Waals surface area (Å²) in [7, 11) is 0. The van der Waals surface area contributed by atoms with E-state index in [9.17, 15) is 4.79 Å². The van der Waals surface area contributed by atoms with E-state index in [0.717, 1.165) is 4.47 Å². The predicted octanol–water partition coefficient (Wildman–Crippen LogP) is 4.51. The molecule has 3 heteroatoms. The van der Waals surface area contributed by atoms with Gasteiger partial charge in [0, 0.05) is 10.0 Å². The topological polar surface area (TPSA) is 17.1 Å². The highest BCUT2D eigenvalue weighted by Crippen LogP contribution is 2.05. The summed E-state index contributed by atoms with van der Waals surface area (Å²) >= 11 is 8.48. The third-order valence-corrected chi connectivity index (χ3v) is 2.48. The normalized spacial score (nSPS) is 8.88. The Morgan fingerprint density at radius 1 is 0.875 bits per heavy atom. The summed E-state index contributed by atoms with van der Waals surface area (Å²) < 4.78 is 1.13. The Kier molecular flexibility index (Phi) is 5.83. The van der Waals surface area contributed by atoms with Gasteiger partial charge in [-0.15, -0.1) is 0 Å². The van der Waals surface area contributed by atoms with Gasteiger partial charge in [-0.05, 0) is 23.7 Å². The molecule has 0 fully saturated rings. The van der Waals surface area contributed by atoms with Gasteiger partial charge in [-0.3, -0.25) is 4.79 Å². The van der Waals surface area contributed by atoms with Crippen molar-refractivity contribution in [2.75, 3.05) is 0 Å². The number of halogens is 2. The quantitative estimate of drug-likeness (QED) is 0.708. The van der Waals surface area contributed by atoms with E-state index in [1.807, 2.05) is 36.4 Å². The number of benzene rings is 2. The SMILES string of the molecule is Brc1ccccc1.O=C(Cl)c1ccccc1. The first-order valence-electron chi connectivity index (χ1n) is 4.65. The molecule has 0 aromatic heterocycles. The molecule has 0 spiro atoms. The molecule has 0 radical (unpaired) electrons. The maximum Gasteiger partial charge on any atom is 0.252 e. The van der Waals surface area contributed by atoms with Gasteiger partial charge in [0.1, 0.15) is 0 Å². The zero-order valence-electron chi connectivity index (χ0n) is 8.44. The van der Waals surface area contributed by atoms with Crippen molar-refractivity contribution in [3.8, 4) is 0 Å². The lowest BCUT2D eigenvalue weighted by molar-refractivity contribution is 0.108. The summed E-state index contributed by atoms with van der Waals surface area (Å²) in [5, 5.41) is -0.407. The fourth-order valence-electron chi connectivity index (χ4n) is 0.984. The largest absolute Gasteiger partial charge is 0.276 e. The van der Waals surface area contributed by atoms with Gasteiger partial charge in [0.25, 0.3) is 5.24 Å². The van der Waals surface area contributed by atoms with Crippen LogP contribution in [-0.2, 0) is 0 Å². The van der Waals surface area contributed by atoms with E-state index in [1.165, 1.54) is 0 Å². The molecule has 2 aromatic carbocycles. The maximum absolute atomic E-state index is 10.4. The van der Waals surface area contributed by atoms with E-state index in [0.29, 0.717) is 5.56 Å².